The maximum absolute atomic E-state index is 11.6. The molecule has 2 aliphatic rings. The molecule has 2 saturated heterocycles. The first-order valence-electron chi connectivity index (χ1n) is 4.77. The molecule has 3 unspecified atom stereocenters. The molecule has 2 heterocycles. The van der Waals surface area contributed by atoms with E-state index in [0.717, 1.165) is 13.0 Å². The maximum atomic E-state index is 11.6. The molecule has 76 valence electrons. The molecule has 2 fully saturated rings. The molecule has 0 aliphatic carbocycles. The molecular formula is C8H16N2O2S. The number of likely N-dealkylation sites (N-methyl/N-ethyl adjacent to an activating group) is 1. The summed E-state index contributed by atoms with van der Waals surface area (Å²) in [4.78, 5) is 2.24. The van der Waals surface area contributed by atoms with Crippen LogP contribution in [0.2, 0.25) is 0 Å². The second kappa shape index (κ2) is 2.93. The van der Waals surface area contributed by atoms with Crippen LogP contribution in [0, 0.1) is 0 Å². The fourth-order valence-electron chi connectivity index (χ4n) is 2.77. The smallest absolute Gasteiger partial charge is 0.156 e. The summed E-state index contributed by atoms with van der Waals surface area (Å²) in [5, 5.41) is -0.178. The highest BCUT2D eigenvalue weighted by Crippen LogP contribution is 2.37. The van der Waals surface area contributed by atoms with E-state index in [1.807, 2.05) is 0 Å². The van der Waals surface area contributed by atoms with Gasteiger partial charge in [0.25, 0.3) is 0 Å². The van der Waals surface area contributed by atoms with Gasteiger partial charge in [0.2, 0.25) is 0 Å². The Hall–Kier alpha value is -0.130. The average molecular weight is 204 g/mol. The van der Waals surface area contributed by atoms with Crippen molar-refractivity contribution in [2.24, 2.45) is 5.73 Å². The van der Waals surface area contributed by atoms with Gasteiger partial charge in [-0.3, -0.25) is 4.90 Å². The number of hydrogen-bond acceptors (Lipinski definition) is 4. The van der Waals surface area contributed by atoms with Crippen LogP contribution < -0.4 is 5.73 Å². The van der Waals surface area contributed by atoms with Crippen molar-refractivity contribution in [1.29, 1.82) is 0 Å². The average Bonchev–Trinajstić information content (AvgIpc) is 2.55. The molecule has 2 N–H and O–H groups in total. The number of sulfone groups is 1. The summed E-state index contributed by atoms with van der Waals surface area (Å²) in [7, 11) is -2.81. The minimum Gasteiger partial charge on any atom is -0.329 e. The maximum Gasteiger partial charge on any atom is 0.156 e. The third kappa shape index (κ3) is 1.21. The Bertz CT molecular complexity index is 301. The van der Waals surface area contributed by atoms with Gasteiger partial charge in [-0.05, 0) is 13.0 Å². The largest absolute Gasteiger partial charge is 0.329 e. The summed E-state index contributed by atoms with van der Waals surface area (Å²) < 4.78 is 23.1. The predicted octanol–water partition coefficient (Wildman–Crippen LogP) is -0.795. The molecule has 0 radical (unpaired) electrons. The van der Waals surface area contributed by atoms with Crippen LogP contribution in [0.15, 0.2) is 0 Å². The highest BCUT2D eigenvalue weighted by atomic mass is 32.2. The fourth-order valence-corrected chi connectivity index (χ4v) is 5.14. The molecule has 0 aromatic rings. The molecule has 0 amide bonds. The monoisotopic (exact) mass is 204 g/mol. The lowest BCUT2D eigenvalue weighted by molar-refractivity contribution is 0.212. The number of hydrogen-bond donors (Lipinski definition) is 1. The van der Waals surface area contributed by atoms with Crippen molar-refractivity contribution < 1.29 is 8.42 Å². The minimum atomic E-state index is -2.81. The molecule has 0 aromatic heterocycles. The zero-order valence-corrected chi connectivity index (χ0v) is 8.63. The van der Waals surface area contributed by atoms with Gasteiger partial charge in [-0.25, -0.2) is 8.42 Å². The van der Waals surface area contributed by atoms with Crippen LogP contribution in [0.25, 0.3) is 0 Å². The van der Waals surface area contributed by atoms with Gasteiger partial charge < -0.3 is 5.73 Å². The predicted molar refractivity (Wildman–Crippen MR) is 51.2 cm³/mol. The van der Waals surface area contributed by atoms with Crippen molar-refractivity contribution in [2.75, 3.05) is 18.8 Å². The second-order valence-electron chi connectivity index (χ2n) is 3.89. The fraction of sp³-hybridized carbons (Fsp3) is 1.00. The Morgan fingerprint density at radius 3 is 2.77 bits per heavy atom. The first-order valence-corrected chi connectivity index (χ1v) is 6.49. The Morgan fingerprint density at radius 1 is 1.54 bits per heavy atom. The van der Waals surface area contributed by atoms with Gasteiger partial charge in [0.1, 0.15) is 0 Å². The Morgan fingerprint density at radius 2 is 2.23 bits per heavy atom. The number of likely N-dealkylation sites (tertiary alicyclic amines) is 1. The van der Waals surface area contributed by atoms with Crippen molar-refractivity contribution in [2.45, 2.75) is 30.7 Å². The zero-order chi connectivity index (χ0) is 9.64. The lowest BCUT2D eigenvalue weighted by atomic mass is 10.2. The van der Waals surface area contributed by atoms with Gasteiger partial charge in [-0.1, -0.05) is 6.92 Å². The van der Waals surface area contributed by atoms with Gasteiger partial charge in [-0.15, -0.1) is 0 Å². The van der Waals surface area contributed by atoms with Crippen molar-refractivity contribution in [3.05, 3.63) is 0 Å². The molecular weight excluding hydrogens is 188 g/mol. The second-order valence-corrected chi connectivity index (χ2v) is 6.16. The topological polar surface area (TPSA) is 63.4 Å². The molecule has 13 heavy (non-hydrogen) atoms. The van der Waals surface area contributed by atoms with E-state index >= 15 is 0 Å². The highest BCUT2D eigenvalue weighted by molar-refractivity contribution is 7.92. The van der Waals surface area contributed by atoms with E-state index in [-0.39, 0.29) is 17.3 Å². The highest BCUT2D eigenvalue weighted by Gasteiger charge is 2.53. The van der Waals surface area contributed by atoms with Crippen molar-refractivity contribution in [3.8, 4) is 0 Å². The first-order chi connectivity index (χ1) is 6.10. The van der Waals surface area contributed by atoms with E-state index in [1.165, 1.54) is 0 Å². The van der Waals surface area contributed by atoms with Crippen LogP contribution in [0.4, 0.5) is 0 Å². The molecule has 2 aliphatic heterocycles. The standard InChI is InChI=1S/C8H16N2O2S/c1-2-10-6-3-8(7(10)4-9)13(11,12)5-6/h6-8H,2-5,9H2,1H3. The summed E-state index contributed by atoms with van der Waals surface area (Å²) in [6.45, 7) is 3.45. The summed E-state index contributed by atoms with van der Waals surface area (Å²) >= 11 is 0. The van der Waals surface area contributed by atoms with Crippen molar-refractivity contribution in [3.63, 3.8) is 0 Å². The van der Waals surface area contributed by atoms with Crippen molar-refractivity contribution >= 4 is 9.84 Å². The van der Waals surface area contributed by atoms with Crippen LogP contribution >= 0.6 is 0 Å². The summed E-state index contributed by atoms with van der Waals surface area (Å²) in [6.07, 6.45) is 0.804. The summed E-state index contributed by atoms with van der Waals surface area (Å²) in [5.41, 5.74) is 5.60. The van der Waals surface area contributed by atoms with Crippen LogP contribution in [0.3, 0.4) is 0 Å². The molecule has 5 heteroatoms. The molecule has 0 spiro atoms. The molecule has 2 rings (SSSR count). The van der Waals surface area contributed by atoms with E-state index in [9.17, 15) is 8.42 Å². The normalized spacial score (nSPS) is 42.8. The lowest BCUT2D eigenvalue weighted by Gasteiger charge is -2.33. The van der Waals surface area contributed by atoms with Crippen LogP contribution in [-0.4, -0.2) is 49.5 Å². The quantitative estimate of drug-likeness (QED) is 0.640. The van der Waals surface area contributed by atoms with E-state index in [4.69, 9.17) is 5.73 Å². The Kier molecular flexibility index (Phi) is 2.13. The zero-order valence-electron chi connectivity index (χ0n) is 7.81. The molecule has 0 saturated carbocycles. The van der Waals surface area contributed by atoms with Gasteiger partial charge in [0.05, 0.1) is 11.0 Å². The minimum absolute atomic E-state index is 0.0775. The summed E-state index contributed by atoms with van der Waals surface area (Å²) in [5.74, 6) is 0.349. The van der Waals surface area contributed by atoms with Gasteiger partial charge in [-0.2, -0.15) is 0 Å². The third-order valence-corrected chi connectivity index (χ3v) is 5.60. The Labute approximate surface area is 79.0 Å². The van der Waals surface area contributed by atoms with E-state index in [2.05, 4.69) is 11.8 Å². The lowest BCUT2D eigenvalue weighted by Crippen LogP contribution is -2.51. The SMILES string of the molecule is CCN1C2CC(C1CN)S(=O)(=O)C2. The van der Waals surface area contributed by atoms with E-state index in [0.29, 0.717) is 12.3 Å². The van der Waals surface area contributed by atoms with Gasteiger partial charge in [0.15, 0.2) is 9.84 Å². The van der Waals surface area contributed by atoms with Crippen molar-refractivity contribution in [1.82, 2.24) is 4.90 Å². The molecule has 3 atom stereocenters. The summed E-state index contributed by atoms with van der Waals surface area (Å²) in [6, 6.07) is 0.322. The van der Waals surface area contributed by atoms with Gasteiger partial charge >= 0.3 is 0 Å². The number of nitrogens with zero attached hydrogens (tertiary/aromatic N) is 1. The number of fused-ring (bicyclic) bond motifs is 2. The van der Waals surface area contributed by atoms with Crippen LogP contribution in [0.5, 0.6) is 0 Å². The van der Waals surface area contributed by atoms with E-state index in [1.54, 1.807) is 0 Å². The molecule has 2 bridgehead atoms. The van der Waals surface area contributed by atoms with Crippen LogP contribution in [-0.2, 0) is 9.84 Å². The molecule has 4 nitrogen and oxygen atoms in total. The van der Waals surface area contributed by atoms with Crippen LogP contribution in [0.1, 0.15) is 13.3 Å². The Balaban J connectivity index is 2.28. The van der Waals surface area contributed by atoms with Gasteiger partial charge in [0, 0.05) is 18.6 Å². The third-order valence-electron chi connectivity index (χ3n) is 3.32. The molecule has 0 aromatic carbocycles. The number of rotatable bonds is 2. The number of nitrogens with two attached hydrogens (primary N) is 1. The first kappa shape index (κ1) is 9.43. The van der Waals surface area contributed by atoms with E-state index < -0.39 is 9.84 Å².